The monoisotopic (exact) mass is 339 g/mol. The van der Waals surface area contributed by atoms with Gasteiger partial charge < -0.3 is 4.74 Å². The molecule has 2 bridgehead atoms. The molecule has 2 heterocycles. The smallest absolute Gasteiger partial charge is 0.404 e. The molecule has 0 radical (unpaired) electrons. The molecule has 0 spiro atoms. The van der Waals surface area contributed by atoms with Gasteiger partial charge in [0.15, 0.2) is 0 Å². The van der Waals surface area contributed by atoms with Gasteiger partial charge in [-0.1, -0.05) is 12.1 Å². The lowest BCUT2D eigenvalue weighted by Crippen LogP contribution is -2.39. The second-order valence-electron chi connectivity index (χ2n) is 4.91. The first kappa shape index (κ1) is 15.0. The normalized spacial score (nSPS) is 26.2. The minimum atomic E-state index is -4.93. The lowest BCUT2D eigenvalue weighted by atomic mass is 10.3. The molecule has 2 aliphatic rings. The molecule has 2 atom stereocenters. The molecule has 2 saturated heterocycles. The first-order valence-electron chi connectivity index (χ1n) is 6.25. The third-order valence-electron chi connectivity index (χ3n) is 3.51. The Labute approximate surface area is 124 Å². The number of hydrogen-bond donors (Lipinski definition) is 0. The van der Waals surface area contributed by atoms with Crippen LogP contribution < -0.4 is 4.74 Å². The van der Waals surface area contributed by atoms with E-state index in [0.717, 1.165) is 18.6 Å². The van der Waals surface area contributed by atoms with Crippen LogP contribution in [0.5, 0.6) is 5.75 Å². The second-order valence-corrected chi connectivity index (χ2v) is 8.11. The molecule has 4 nitrogen and oxygen atoms in total. The van der Waals surface area contributed by atoms with Crippen molar-refractivity contribution in [1.29, 1.82) is 0 Å². The summed E-state index contributed by atoms with van der Waals surface area (Å²) in [5.74, 6) is 0.00654. The minimum absolute atomic E-state index is 0.135. The molecule has 9 heteroatoms. The Kier molecular flexibility index (Phi) is 3.61. The topological polar surface area (TPSA) is 46.6 Å². The number of nitrogens with zero attached hydrogens (tertiary/aromatic N) is 1. The van der Waals surface area contributed by atoms with Crippen molar-refractivity contribution in [3.05, 3.63) is 24.3 Å². The highest BCUT2D eigenvalue weighted by atomic mass is 32.2. The van der Waals surface area contributed by atoms with Crippen molar-refractivity contribution in [2.24, 2.45) is 0 Å². The number of alkyl halides is 3. The van der Waals surface area contributed by atoms with E-state index in [1.165, 1.54) is 16.4 Å². The highest BCUT2D eigenvalue weighted by Gasteiger charge is 2.46. The zero-order valence-corrected chi connectivity index (χ0v) is 12.3. The third-order valence-corrected chi connectivity index (χ3v) is 6.86. The molecule has 0 saturated carbocycles. The van der Waals surface area contributed by atoms with Gasteiger partial charge in [0.05, 0.1) is 0 Å². The number of fused-ring (bicyclic) bond motifs is 2. The summed E-state index contributed by atoms with van der Waals surface area (Å²) in [5.41, 5.74) is 0. The molecule has 1 aromatic rings. The lowest BCUT2D eigenvalue weighted by Gasteiger charge is -2.26. The number of halogens is 3. The van der Waals surface area contributed by atoms with Crippen molar-refractivity contribution in [2.45, 2.75) is 29.0 Å². The Hall–Kier alpha value is -0.930. The highest BCUT2D eigenvalue weighted by Crippen LogP contribution is 2.42. The van der Waals surface area contributed by atoms with Gasteiger partial charge >= 0.3 is 6.36 Å². The Bertz CT molecular complexity index is 647. The summed E-state index contributed by atoms with van der Waals surface area (Å²) in [5, 5.41) is 0.237. The van der Waals surface area contributed by atoms with Gasteiger partial charge in [0.25, 0.3) is 0 Å². The molecule has 2 unspecified atom stereocenters. The quantitative estimate of drug-likeness (QED) is 0.849. The number of hydrogen-bond acceptors (Lipinski definition) is 4. The summed E-state index contributed by atoms with van der Waals surface area (Å²) >= 11 is 1.70. The van der Waals surface area contributed by atoms with Crippen LogP contribution in [0.3, 0.4) is 0 Å². The lowest BCUT2D eigenvalue weighted by molar-refractivity contribution is -0.275. The van der Waals surface area contributed by atoms with E-state index in [1.54, 1.807) is 11.8 Å². The van der Waals surface area contributed by atoms with Crippen LogP contribution in [0, 0.1) is 0 Å². The molecular weight excluding hydrogens is 327 g/mol. The van der Waals surface area contributed by atoms with Crippen molar-refractivity contribution in [1.82, 2.24) is 4.31 Å². The van der Waals surface area contributed by atoms with Gasteiger partial charge in [-0.3, -0.25) is 0 Å². The molecule has 2 aliphatic heterocycles. The highest BCUT2D eigenvalue weighted by molar-refractivity contribution is 8.00. The molecule has 2 fully saturated rings. The van der Waals surface area contributed by atoms with E-state index in [9.17, 15) is 21.6 Å². The maximum Gasteiger partial charge on any atom is 0.573 e. The van der Waals surface area contributed by atoms with Crippen LogP contribution in [0.15, 0.2) is 29.2 Å². The van der Waals surface area contributed by atoms with Crippen molar-refractivity contribution in [2.75, 3.05) is 12.3 Å². The van der Waals surface area contributed by atoms with Crippen LogP contribution in [0.25, 0.3) is 0 Å². The number of ether oxygens (including phenoxy) is 1. The zero-order valence-electron chi connectivity index (χ0n) is 10.7. The van der Waals surface area contributed by atoms with Crippen LogP contribution in [-0.2, 0) is 10.0 Å². The third kappa shape index (κ3) is 2.86. The van der Waals surface area contributed by atoms with Crippen molar-refractivity contribution >= 4 is 21.8 Å². The fraction of sp³-hybridized carbons (Fsp3) is 0.500. The van der Waals surface area contributed by atoms with Crippen LogP contribution in [0.1, 0.15) is 6.42 Å². The van der Waals surface area contributed by atoms with Crippen molar-refractivity contribution in [3.8, 4) is 5.75 Å². The Morgan fingerprint density at radius 3 is 2.57 bits per heavy atom. The average molecular weight is 339 g/mol. The van der Waals surface area contributed by atoms with Crippen LogP contribution in [0.2, 0.25) is 0 Å². The molecule has 116 valence electrons. The van der Waals surface area contributed by atoms with Gasteiger partial charge in [-0.15, -0.1) is 13.2 Å². The van der Waals surface area contributed by atoms with Gasteiger partial charge in [-0.25, -0.2) is 8.42 Å². The first-order chi connectivity index (χ1) is 9.77. The van der Waals surface area contributed by atoms with Gasteiger partial charge in [-0.2, -0.15) is 16.1 Å². The number of para-hydroxylation sites is 1. The number of thioether (sulfide) groups is 1. The van der Waals surface area contributed by atoms with E-state index in [0.29, 0.717) is 12.3 Å². The Morgan fingerprint density at radius 2 is 2.00 bits per heavy atom. The molecule has 0 amide bonds. The van der Waals surface area contributed by atoms with Crippen LogP contribution in [0.4, 0.5) is 13.2 Å². The second kappa shape index (κ2) is 5.06. The Balaban J connectivity index is 1.96. The average Bonchev–Trinajstić information content (AvgIpc) is 2.99. The summed E-state index contributed by atoms with van der Waals surface area (Å²) in [6.45, 7) is 0.345. The van der Waals surface area contributed by atoms with E-state index in [2.05, 4.69) is 4.74 Å². The van der Waals surface area contributed by atoms with Crippen LogP contribution >= 0.6 is 11.8 Å². The largest absolute Gasteiger partial charge is 0.573 e. The standard InChI is InChI=1S/C12H12F3NO3S2/c13-12(14,15)19-10-3-1-2-4-11(10)21(17,18)16-6-9-5-8(16)7-20-9/h1-4,8-9H,5-7H2. The summed E-state index contributed by atoms with van der Waals surface area (Å²) in [6.07, 6.45) is -4.17. The van der Waals surface area contributed by atoms with Crippen molar-refractivity contribution in [3.63, 3.8) is 0 Å². The molecule has 1 aromatic carbocycles. The maximum atomic E-state index is 12.6. The van der Waals surface area contributed by atoms with Gasteiger partial charge in [0.2, 0.25) is 10.0 Å². The predicted molar refractivity (Wildman–Crippen MR) is 71.7 cm³/mol. The van der Waals surface area contributed by atoms with Crippen LogP contribution in [-0.4, -0.2) is 42.7 Å². The predicted octanol–water partition coefficient (Wildman–Crippen LogP) is 2.46. The first-order valence-corrected chi connectivity index (χ1v) is 8.74. The minimum Gasteiger partial charge on any atom is -0.404 e. The fourth-order valence-corrected chi connectivity index (χ4v) is 6.08. The van der Waals surface area contributed by atoms with Gasteiger partial charge in [0.1, 0.15) is 10.6 Å². The summed E-state index contributed by atoms with van der Waals surface area (Å²) in [6, 6.07) is 4.73. The maximum absolute atomic E-state index is 12.6. The number of rotatable bonds is 3. The SMILES string of the molecule is O=S(=O)(c1ccccc1OC(F)(F)F)N1CC2CC1CS2. The number of benzene rings is 1. The molecule has 0 aromatic heterocycles. The summed E-state index contributed by atoms with van der Waals surface area (Å²) < 4.78 is 67.6. The Morgan fingerprint density at radius 1 is 1.29 bits per heavy atom. The molecule has 0 N–H and O–H groups in total. The van der Waals surface area contributed by atoms with E-state index >= 15 is 0 Å². The van der Waals surface area contributed by atoms with Gasteiger partial charge in [0, 0.05) is 23.6 Å². The zero-order chi connectivity index (χ0) is 15.3. The molecular formula is C12H12F3NO3S2. The van der Waals surface area contributed by atoms with Gasteiger partial charge in [-0.05, 0) is 18.6 Å². The molecule has 21 heavy (non-hydrogen) atoms. The van der Waals surface area contributed by atoms with E-state index < -0.39 is 27.0 Å². The molecule has 3 rings (SSSR count). The summed E-state index contributed by atoms with van der Waals surface area (Å²) in [4.78, 5) is -0.431. The van der Waals surface area contributed by atoms with E-state index in [-0.39, 0.29) is 11.3 Å². The summed E-state index contributed by atoms with van der Waals surface area (Å²) in [7, 11) is -3.98. The molecule has 0 aliphatic carbocycles. The fourth-order valence-electron chi connectivity index (χ4n) is 2.66. The van der Waals surface area contributed by atoms with E-state index in [4.69, 9.17) is 0 Å². The van der Waals surface area contributed by atoms with Crippen molar-refractivity contribution < 1.29 is 26.3 Å². The number of sulfonamides is 1. The van der Waals surface area contributed by atoms with E-state index in [1.807, 2.05) is 0 Å².